The molecule has 1 saturated heterocycles. The van der Waals surface area contributed by atoms with Crippen LogP contribution in [0.4, 0.5) is 0 Å². The number of nitrogens with one attached hydrogen (secondary N) is 1. The molecule has 0 aromatic carbocycles. The van der Waals surface area contributed by atoms with E-state index < -0.39 is 0 Å². The lowest BCUT2D eigenvalue weighted by Gasteiger charge is -2.37. The van der Waals surface area contributed by atoms with E-state index in [1.807, 2.05) is 0 Å². The molecule has 0 radical (unpaired) electrons. The Labute approximate surface area is 91.6 Å². The summed E-state index contributed by atoms with van der Waals surface area (Å²) in [4.78, 5) is 2.37. The van der Waals surface area contributed by atoms with Gasteiger partial charge >= 0.3 is 0 Å². The van der Waals surface area contributed by atoms with Crippen LogP contribution in [0.2, 0.25) is 0 Å². The van der Waals surface area contributed by atoms with Crippen molar-refractivity contribution in [2.24, 2.45) is 0 Å². The second-order valence-corrected chi connectivity index (χ2v) is 5.03. The van der Waals surface area contributed by atoms with Crippen LogP contribution in [0, 0.1) is 0 Å². The van der Waals surface area contributed by atoms with Gasteiger partial charge < -0.3 is 15.2 Å². The molecule has 1 aliphatic heterocycles. The monoisotopic (exact) mass is 214 g/mol. The first-order valence-corrected chi connectivity index (χ1v) is 5.90. The fourth-order valence-corrected chi connectivity index (χ4v) is 2.11. The number of aliphatic hydroxyl groups excluding tert-OH is 1. The Morgan fingerprint density at radius 1 is 1.40 bits per heavy atom. The number of morpholine rings is 1. The van der Waals surface area contributed by atoms with Crippen molar-refractivity contribution in [2.45, 2.75) is 31.3 Å². The Morgan fingerprint density at radius 2 is 2.07 bits per heavy atom. The summed E-state index contributed by atoms with van der Waals surface area (Å²) in [6, 6.07) is 0.642. The summed E-state index contributed by atoms with van der Waals surface area (Å²) in [6.45, 7) is 6.87. The van der Waals surface area contributed by atoms with Gasteiger partial charge in [-0.2, -0.15) is 0 Å². The van der Waals surface area contributed by atoms with Crippen molar-refractivity contribution in [3.05, 3.63) is 0 Å². The van der Waals surface area contributed by atoms with E-state index in [4.69, 9.17) is 4.74 Å². The van der Waals surface area contributed by atoms with Crippen LogP contribution in [0.3, 0.4) is 0 Å². The van der Waals surface area contributed by atoms with Gasteiger partial charge in [-0.1, -0.05) is 0 Å². The summed E-state index contributed by atoms with van der Waals surface area (Å²) in [5.74, 6) is 0. The van der Waals surface area contributed by atoms with Gasteiger partial charge in [-0.15, -0.1) is 0 Å². The first-order valence-electron chi connectivity index (χ1n) is 5.90. The van der Waals surface area contributed by atoms with E-state index in [9.17, 15) is 5.11 Å². The van der Waals surface area contributed by atoms with Crippen LogP contribution in [0.1, 0.15) is 19.8 Å². The zero-order chi connectivity index (χ0) is 10.7. The summed E-state index contributed by atoms with van der Waals surface area (Å²) < 4.78 is 5.32. The van der Waals surface area contributed by atoms with Gasteiger partial charge in [0.2, 0.25) is 0 Å². The van der Waals surface area contributed by atoms with Gasteiger partial charge in [0.05, 0.1) is 25.4 Å². The molecule has 1 unspecified atom stereocenters. The lowest BCUT2D eigenvalue weighted by molar-refractivity contribution is 0.0170. The topological polar surface area (TPSA) is 44.7 Å². The molecule has 1 heterocycles. The second-order valence-electron chi connectivity index (χ2n) is 5.03. The molecule has 0 aromatic rings. The molecule has 2 rings (SSSR count). The molecule has 2 N–H and O–H groups in total. The fourth-order valence-electron chi connectivity index (χ4n) is 2.11. The number of aliphatic hydroxyl groups is 1. The maximum atomic E-state index is 9.47. The largest absolute Gasteiger partial charge is 0.394 e. The van der Waals surface area contributed by atoms with Crippen molar-refractivity contribution >= 4 is 0 Å². The van der Waals surface area contributed by atoms with Crippen LogP contribution in [-0.2, 0) is 4.74 Å². The molecular formula is C11H22N2O2. The molecule has 0 aromatic heterocycles. The maximum Gasteiger partial charge on any atom is 0.0623 e. The van der Waals surface area contributed by atoms with Crippen molar-refractivity contribution in [3.8, 4) is 0 Å². The lowest BCUT2D eigenvalue weighted by Crippen LogP contribution is -2.56. The quantitative estimate of drug-likeness (QED) is 0.666. The fraction of sp³-hybridized carbons (Fsp3) is 1.00. The van der Waals surface area contributed by atoms with Gasteiger partial charge in [-0.3, -0.25) is 4.90 Å². The number of ether oxygens (including phenoxy) is 1. The Kier molecular flexibility index (Phi) is 3.61. The van der Waals surface area contributed by atoms with Crippen LogP contribution in [0.15, 0.2) is 0 Å². The molecule has 88 valence electrons. The summed E-state index contributed by atoms with van der Waals surface area (Å²) in [5.41, 5.74) is -0.140. The van der Waals surface area contributed by atoms with E-state index in [-0.39, 0.29) is 12.1 Å². The zero-order valence-electron chi connectivity index (χ0n) is 9.54. The standard InChI is InChI=1S/C11H22N2O2/c1-11(9-14,12-10-2-3-10)8-13-4-6-15-7-5-13/h10,12,14H,2-9H2,1H3. The summed E-state index contributed by atoms with van der Waals surface area (Å²) in [5, 5.41) is 13.0. The van der Waals surface area contributed by atoms with Crippen molar-refractivity contribution in [1.29, 1.82) is 0 Å². The van der Waals surface area contributed by atoms with Crippen LogP contribution < -0.4 is 5.32 Å². The third-order valence-electron chi connectivity index (χ3n) is 3.16. The van der Waals surface area contributed by atoms with Crippen LogP contribution >= 0.6 is 0 Å². The summed E-state index contributed by atoms with van der Waals surface area (Å²) in [6.07, 6.45) is 2.53. The molecule has 2 aliphatic rings. The normalized spacial score (nSPS) is 27.6. The predicted octanol–water partition coefficient (Wildman–Crippen LogP) is -0.178. The van der Waals surface area contributed by atoms with Gasteiger partial charge in [0.25, 0.3) is 0 Å². The highest BCUT2D eigenvalue weighted by atomic mass is 16.5. The minimum atomic E-state index is -0.140. The van der Waals surface area contributed by atoms with Crippen LogP contribution in [0.5, 0.6) is 0 Å². The van der Waals surface area contributed by atoms with Gasteiger partial charge in [0, 0.05) is 25.7 Å². The van der Waals surface area contributed by atoms with E-state index in [2.05, 4.69) is 17.1 Å². The molecule has 1 atom stereocenters. The molecule has 0 bridgehead atoms. The SMILES string of the molecule is CC(CO)(CN1CCOCC1)NC1CC1. The lowest BCUT2D eigenvalue weighted by atomic mass is 10.0. The molecule has 1 aliphatic carbocycles. The average molecular weight is 214 g/mol. The molecule has 0 amide bonds. The minimum absolute atomic E-state index is 0.140. The third kappa shape index (κ3) is 3.41. The molecule has 4 nitrogen and oxygen atoms in total. The van der Waals surface area contributed by atoms with E-state index >= 15 is 0 Å². The van der Waals surface area contributed by atoms with Gasteiger partial charge in [0.1, 0.15) is 0 Å². The number of rotatable bonds is 5. The highest BCUT2D eigenvalue weighted by Gasteiger charge is 2.33. The van der Waals surface area contributed by atoms with Crippen LogP contribution in [0.25, 0.3) is 0 Å². The van der Waals surface area contributed by atoms with Gasteiger partial charge in [0.15, 0.2) is 0 Å². The molecule has 1 saturated carbocycles. The van der Waals surface area contributed by atoms with Crippen molar-refractivity contribution < 1.29 is 9.84 Å². The molecule has 15 heavy (non-hydrogen) atoms. The number of hydrogen-bond acceptors (Lipinski definition) is 4. The second kappa shape index (κ2) is 4.78. The highest BCUT2D eigenvalue weighted by molar-refractivity contribution is 4.94. The summed E-state index contributed by atoms with van der Waals surface area (Å²) in [7, 11) is 0. The molecule has 2 fully saturated rings. The van der Waals surface area contributed by atoms with Crippen molar-refractivity contribution in [3.63, 3.8) is 0 Å². The third-order valence-corrected chi connectivity index (χ3v) is 3.16. The van der Waals surface area contributed by atoms with Gasteiger partial charge in [-0.25, -0.2) is 0 Å². The Morgan fingerprint density at radius 3 is 2.60 bits per heavy atom. The van der Waals surface area contributed by atoms with E-state index in [1.54, 1.807) is 0 Å². The maximum absolute atomic E-state index is 9.47. The average Bonchev–Trinajstić information content (AvgIpc) is 3.03. The summed E-state index contributed by atoms with van der Waals surface area (Å²) >= 11 is 0. The molecule has 0 spiro atoms. The van der Waals surface area contributed by atoms with Crippen molar-refractivity contribution in [2.75, 3.05) is 39.5 Å². The van der Waals surface area contributed by atoms with E-state index in [0.717, 1.165) is 32.8 Å². The van der Waals surface area contributed by atoms with Crippen LogP contribution in [-0.4, -0.2) is 61.0 Å². The predicted molar refractivity (Wildman–Crippen MR) is 58.9 cm³/mol. The molecular weight excluding hydrogens is 192 g/mol. The van der Waals surface area contributed by atoms with Gasteiger partial charge in [-0.05, 0) is 19.8 Å². The first-order chi connectivity index (χ1) is 7.22. The minimum Gasteiger partial charge on any atom is -0.394 e. The van der Waals surface area contributed by atoms with E-state index in [1.165, 1.54) is 12.8 Å². The smallest absolute Gasteiger partial charge is 0.0623 e. The van der Waals surface area contributed by atoms with Crippen molar-refractivity contribution in [1.82, 2.24) is 10.2 Å². The first kappa shape index (κ1) is 11.3. The Balaban J connectivity index is 1.81. The zero-order valence-corrected chi connectivity index (χ0v) is 9.54. The number of hydrogen-bond donors (Lipinski definition) is 2. The highest BCUT2D eigenvalue weighted by Crippen LogP contribution is 2.23. The van der Waals surface area contributed by atoms with E-state index in [0.29, 0.717) is 6.04 Å². The molecule has 4 heteroatoms. The Bertz CT molecular complexity index is 203. The number of nitrogens with zero attached hydrogens (tertiary/aromatic N) is 1. The Hall–Kier alpha value is -0.160.